The first kappa shape index (κ1) is 19.4. The molecule has 0 aliphatic carbocycles. The predicted octanol–water partition coefficient (Wildman–Crippen LogP) is 5.97. The minimum absolute atomic E-state index is 0.0140. The number of hydrogen-bond acceptors (Lipinski definition) is 0. The molecule has 1 aromatic heterocycles. The summed E-state index contributed by atoms with van der Waals surface area (Å²) in [6.07, 6.45) is 7.63. The van der Waals surface area contributed by atoms with E-state index in [1.807, 2.05) is 0 Å². The van der Waals surface area contributed by atoms with Crippen LogP contribution < -0.4 is 4.57 Å². The molecule has 27 heavy (non-hydrogen) atoms. The van der Waals surface area contributed by atoms with Gasteiger partial charge in [0, 0.05) is 5.41 Å². The van der Waals surface area contributed by atoms with Gasteiger partial charge in [0.25, 0.3) is 5.82 Å². The molecule has 1 N–H and O–H groups in total. The number of rotatable bonds is 8. The van der Waals surface area contributed by atoms with Gasteiger partial charge in [0.2, 0.25) is 0 Å². The molecule has 3 rings (SSSR count). The molecule has 0 saturated heterocycles. The van der Waals surface area contributed by atoms with E-state index in [1.54, 1.807) is 0 Å². The Morgan fingerprint density at radius 1 is 0.963 bits per heavy atom. The highest BCUT2D eigenvalue weighted by Crippen LogP contribution is 2.43. The Kier molecular flexibility index (Phi) is 6.15. The van der Waals surface area contributed by atoms with Crippen LogP contribution in [0.15, 0.2) is 73.1 Å². The fraction of sp³-hybridized carbons (Fsp3) is 0.400. The van der Waals surface area contributed by atoms with Crippen LogP contribution in [-0.2, 0) is 11.8 Å². The number of benzene rings is 2. The van der Waals surface area contributed by atoms with E-state index in [2.05, 4.69) is 110 Å². The van der Waals surface area contributed by atoms with Gasteiger partial charge in [-0.05, 0) is 37.8 Å². The molecule has 3 aromatic rings. The van der Waals surface area contributed by atoms with Gasteiger partial charge in [-0.25, -0.2) is 9.55 Å². The lowest BCUT2D eigenvalue weighted by Crippen LogP contribution is -2.45. The van der Waals surface area contributed by atoms with Crippen molar-refractivity contribution in [2.75, 3.05) is 0 Å². The van der Waals surface area contributed by atoms with E-state index in [9.17, 15) is 0 Å². The molecule has 2 heteroatoms. The number of nitrogens with zero attached hydrogens (tertiary/aromatic N) is 1. The molecule has 1 heterocycles. The topological polar surface area (TPSA) is 19.7 Å². The van der Waals surface area contributed by atoms with Crippen LogP contribution in [0.25, 0.3) is 0 Å². The Morgan fingerprint density at radius 2 is 1.59 bits per heavy atom. The zero-order chi connectivity index (χ0) is 19.3. The van der Waals surface area contributed by atoms with Crippen molar-refractivity contribution >= 4 is 0 Å². The van der Waals surface area contributed by atoms with E-state index >= 15 is 0 Å². The SMILES string of the molecule is CCCC(c1[nH]cc[n+]1C(C)C)C(C)(Cc1ccccc1)c1ccccc1. The molecule has 2 atom stereocenters. The van der Waals surface area contributed by atoms with Crippen LogP contribution >= 0.6 is 0 Å². The quantitative estimate of drug-likeness (QED) is 0.477. The summed E-state index contributed by atoms with van der Waals surface area (Å²) >= 11 is 0. The molecular formula is C25H33N2+. The zero-order valence-electron chi connectivity index (χ0n) is 17.2. The van der Waals surface area contributed by atoms with Crippen LogP contribution in [0.5, 0.6) is 0 Å². The molecule has 2 nitrogen and oxygen atoms in total. The summed E-state index contributed by atoms with van der Waals surface area (Å²) in [6, 6.07) is 22.4. The van der Waals surface area contributed by atoms with Gasteiger partial charge >= 0.3 is 0 Å². The number of H-pyrrole nitrogens is 1. The van der Waals surface area contributed by atoms with Gasteiger partial charge in [-0.2, -0.15) is 0 Å². The minimum Gasteiger partial charge on any atom is -0.247 e. The van der Waals surface area contributed by atoms with Crippen molar-refractivity contribution in [3.05, 3.63) is 90.0 Å². The Hall–Kier alpha value is -2.35. The van der Waals surface area contributed by atoms with Crippen molar-refractivity contribution < 1.29 is 4.57 Å². The number of imidazole rings is 1. The fourth-order valence-corrected chi connectivity index (χ4v) is 4.40. The lowest BCUT2D eigenvalue weighted by molar-refractivity contribution is -0.723. The lowest BCUT2D eigenvalue weighted by Gasteiger charge is -2.37. The van der Waals surface area contributed by atoms with E-state index in [0.717, 1.165) is 12.8 Å². The maximum absolute atomic E-state index is 3.60. The molecule has 0 fully saturated rings. The van der Waals surface area contributed by atoms with Gasteiger partial charge in [0.05, 0.1) is 12.0 Å². The van der Waals surface area contributed by atoms with Gasteiger partial charge < -0.3 is 0 Å². The van der Waals surface area contributed by atoms with Crippen LogP contribution in [0.2, 0.25) is 0 Å². The third-order valence-electron chi connectivity index (χ3n) is 5.82. The average Bonchev–Trinajstić information content (AvgIpc) is 3.17. The number of aromatic amines is 1. The Bertz CT molecular complexity index is 820. The van der Waals surface area contributed by atoms with Crippen molar-refractivity contribution in [1.29, 1.82) is 0 Å². The van der Waals surface area contributed by atoms with E-state index in [-0.39, 0.29) is 5.41 Å². The van der Waals surface area contributed by atoms with Crippen LogP contribution in [0, 0.1) is 0 Å². The summed E-state index contributed by atoms with van der Waals surface area (Å²) in [5.41, 5.74) is 2.82. The Labute approximate surface area is 164 Å². The second kappa shape index (κ2) is 8.56. The third kappa shape index (κ3) is 4.16. The highest BCUT2D eigenvalue weighted by atomic mass is 15.1. The summed E-state index contributed by atoms with van der Waals surface area (Å²) in [7, 11) is 0. The fourth-order valence-electron chi connectivity index (χ4n) is 4.40. The second-order valence-corrected chi connectivity index (χ2v) is 8.13. The predicted molar refractivity (Wildman–Crippen MR) is 113 cm³/mol. The van der Waals surface area contributed by atoms with Gasteiger partial charge in [0.15, 0.2) is 0 Å². The van der Waals surface area contributed by atoms with Crippen molar-refractivity contribution in [3.63, 3.8) is 0 Å². The monoisotopic (exact) mass is 361 g/mol. The van der Waals surface area contributed by atoms with Crippen LogP contribution in [0.1, 0.15) is 69.4 Å². The normalized spacial score (nSPS) is 14.9. The highest BCUT2D eigenvalue weighted by molar-refractivity contribution is 5.32. The molecule has 0 aliphatic rings. The summed E-state index contributed by atoms with van der Waals surface area (Å²) in [6.45, 7) is 9.26. The van der Waals surface area contributed by atoms with Crippen LogP contribution in [0.4, 0.5) is 0 Å². The summed E-state index contributed by atoms with van der Waals surface area (Å²) in [4.78, 5) is 3.60. The smallest absolute Gasteiger partial charge is 0.247 e. The summed E-state index contributed by atoms with van der Waals surface area (Å²) in [5, 5.41) is 0. The molecule has 2 aromatic carbocycles. The number of hydrogen-bond donors (Lipinski definition) is 1. The van der Waals surface area contributed by atoms with Crippen molar-refractivity contribution in [2.24, 2.45) is 0 Å². The standard InChI is InChI=1S/C25H32N2/c1-5-12-23(24-26-17-18-27(24)20(2)3)25(4,22-15-10-7-11-16-22)19-21-13-8-6-9-14-21/h6-11,13-18,20,23H,5,12,19H2,1-4H3/p+1. The van der Waals surface area contributed by atoms with Gasteiger partial charge in [0.1, 0.15) is 12.4 Å². The maximum atomic E-state index is 3.60. The van der Waals surface area contributed by atoms with E-state index in [1.165, 1.54) is 23.4 Å². The van der Waals surface area contributed by atoms with Crippen LogP contribution in [-0.4, -0.2) is 4.98 Å². The van der Waals surface area contributed by atoms with E-state index in [0.29, 0.717) is 12.0 Å². The largest absolute Gasteiger partial charge is 0.258 e. The molecule has 0 radical (unpaired) electrons. The summed E-state index contributed by atoms with van der Waals surface area (Å²) < 4.78 is 2.41. The molecule has 0 bridgehead atoms. The first-order valence-electron chi connectivity index (χ1n) is 10.2. The maximum Gasteiger partial charge on any atom is 0.258 e. The van der Waals surface area contributed by atoms with Crippen molar-refractivity contribution in [3.8, 4) is 0 Å². The van der Waals surface area contributed by atoms with E-state index in [4.69, 9.17) is 0 Å². The van der Waals surface area contributed by atoms with Crippen LogP contribution in [0.3, 0.4) is 0 Å². The molecule has 2 unspecified atom stereocenters. The van der Waals surface area contributed by atoms with Gasteiger partial charge in [-0.15, -0.1) is 0 Å². The number of aromatic nitrogens is 2. The third-order valence-corrected chi connectivity index (χ3v) is 5.82. The Balaban J connectivity index is 2.12. The molecule has 142 valence electrons. The average molecular weight is 362 g/mol. The van der Waals surface area contributed by atoms with Crippen molar-refractivity contribution in [1.82, 2.24) is 4.98 Å². The minimum atomic E-state index is 0.0140. The lowest BCUT2D eigenvalue weighted by atomic mass is 9.66. The van der Waals surface area contributed by atoms with Gasteiger partial charge in [-0.1, -0.05) is 80.9 Å². The van der Waals surface area contributed by atoms with Gasteiger partial charge in [-0.3, -0.25) is 0 Å². The first-order valence-corrected chi connectivity index (χ1v) is 10.2. The first-order chi connectivity index (χ1) is 13.1. The molecule has 0 amide bonds. The highest BCUT2D eigenvalue weighted by Gasteiger charge is 2.42. The van der Waals surface area contributed by atoms with Crippen molar-refractivity contribution in [2.45, 2.75) is 64.3 Å². The molecular weight excluding hydrogens is 328 g/mol. The zero-order valence-corrected chi connectivity index (χ0v) is 17.2. The second-order valence-electron chi connectivity index (χ2n) is 8.13. The summed E-state index contributed by atoms with van der Waals surface area (Å²) in [5.74, 6) is 1.76. The Morgan fingerprint density at radius 3 is 2.19 bits per heavy atom. The molecule has 0 aliphatic heterocycles. The molecule has 0 saturated carbocycles. The molecule has 0 spiro atoms. The van der Waals surface area contributed by atoms with E-state index < -0.39 is 0 Å². The number of nitrogens with one attached hydrogen (secondary N) is 1.